The highest BCUT2D eigenvalue weighted by molar-refractivity contribution is 7.80. The number of benzene rings is 2. The minimum Gasteiger partial charge on any atom is -0.468 e. The molecule has 1 N–H and O–H groups in total. The molecule has 2 aromatic carbocycles. The van der Waals surface area contributed by atoms with Gasteiger partial charge in [0.2, 0.25) is 0 Å². The fourth-order valence-electron chi connectivity index (χ4n) is 1.71. The first-order valence-electron chi connectivity index (χ1n) is 6.01. The minimum absolute atomic E-state index is 0.0580. The van der Waals surface area contributed by atoms with E-state index in [1.165, 1.54) is 0 Å². The normalized spacial score (nSPS) is 9.95. The first kappa shape index (κ1) is 13.5. The van der Waals surface area contributed by atoms with E-state index in [0.717, 1.165) is 11.4 Å². The summed E-state index contributed by atoms with van der Waals surface area (Å²) in [6.45, 7) is 0.132. The Bertz CT molecular complexity index is 477. The van der Waals surface area contributed by atoms with Gasteiger partial charge in [-0.25, -0.2) is 0 Å². The van der Waals surface area contributed by atoms with Gasteiger partial charge >= 0.3 is 0 Å². The molecule has 0 aliphatic heterocycles. The van der Waals surface area contributed by atoms with Crippen LogP contribution in [-0.2, 0) is 4.74 Å². The van der Waals surface area contributed by atoms with E-state index in [4.69, 9.17) is 22.1 Å². The van der Waals surface area contributed by atoms with Gasteiger partial charge < -0.3 is 9.84 Å². The molecule has 0 aliphatic rings. The van der Waals surface area contributed by atoms with Crippen molar-refractivity contribution in [2.45, 2.75) is 0 Å². The number of hydrogen-bond acceptors (Lipinski definition) is 3. The average molecular weight is 273 g/mol. The molecule has 19 heavy (non-hydrogen) atoms. The molecule has 0 spiro atoms. The third-order valence-electron chi connectivity index (χ3n) is 2.53. The van der Waals surface area contributed by atoms with Gasteiger partial charge in [-0.15, -0.1) is 0 Å². The molecule has 3 nitrogen and oxygen atoms in total. The van der Waals surface area contributed by atoms with E-state index in [2.05, 4.69) is 0 Å². The van der Waals surface area contributed by atoms with Gasteiger partial charge in [0, 0.05) is 11.4 Å². The molecule has 0 aromatic heterocycles. The van der Waals surface area contributed by atoms with Crippen LogP contribution in [0.25, 0.3) is 0 Å². The van der Waals surface area contributed by atoms with Gasteiger partial charge in [-0.05, 0) is 36.5 Å². The second kappa shape index (κ2) is 6.87. The standard InChI is InChI=1S/C15H15NO2S/c17-11-12-18-15(19)16(13-7-3-1-4-8-13)14-9-5-2-6-10-14/h1-10,17H,11-12H2. The Hall–Kier alpha value is -1.91. The summed E-state index contributed by atoms with van der Waals surface area (Å²) in [6.07, 6.45) is 0. The van der Waals surface area contributed by atoms with Crippen molar-refractivity contribution in [3.05, 3.63) is 60.7 Å². The van der Waals surface area contributed by atoms with Crippen molar-refractivity contribution in [3.63, 3.8) is 0 Å². The van der Waals surface area contributed by atoms with Crippen LogP contribution in [-0.4, -0.2) is 23.5 Å². The summed E-state index contributed by atoms with van der Waals surface area (Å²) in [6, 6.07) is 19.5. The molecule has 2 rings (SSSR count). The Morgan fingerprint density at radius 3 is 1.84 bits per heavy atom. The Labute approximate surface area is 118 Å². The predicted molar refractivity (Wildman–Crippen MR) is 80.7 cm³/mol. The Balaban J connectivity index is 2.31. The van der Waals surface area contributed by atoms with Crippen LogP contribution in [0.2, 0.25) is 0 Å². The Morgan fingerprint density at radius 2 is 1.42 bits per heavy atom. The summed E-state index contributed by atoms with van der Waals surface area (Å²) in [7, 11) is 0. The fraction of sp³-hybridized carbons (Fsp3) is 0.133. The van der Waals surface area contributed by atoms with Crippen LogP contribution in [0.3, 0.4) is 0 Å². The zero-order chi connectivity index (χ0) is 13.5. The lowest BCUT2D eigenvalue weighted by atomic mass is 10.2. The largest absolute Gasteiger partial charge is 0.468 e. The second-order valence-electron chi connectivity index (χ2n) is 3.84. The molecule has 0 fully saturated rings. The lowest BCUT2D eigenvalue weighted by Gasteiger charge is -2.24. The maximum absolute atomic E-state index is 8.83. The summed E-state index contributed by atoms with van der Waals surface area (Å²) >= 11 is 5.30. The fourth-order valence-corrected chi connectivity index (χ4v) is 2.01. The zero-order valence-electron chi connectivity index (χ0n) is 10.4. The number of ether oxygens (including phenoxy) is 1. The average Bonchev–Trinajstić information content (AvgIpc) is 2.47. The third-order valence-corrected chi connectivity index (χ3v) is 2.83. The van der Waals surface area contributed by atoms with Gasteiger partial charge in [0.15, 0.2) is 0 Å². The number of thiocarbonyl (C=S) groups is 1. The number of nitrogens with zero attached hydrogens (tertiary/aromatic N) is 1. The number of hydrogen-bond donors (Lipinski definition) is 1. The molecule has 2 aromatic rings. The Kier molecular flexibility index (Phi) is 4.89. The maximum atomic E-state index is 8.83. The van der Waals surface area contributed by atoms with Gasteiger partial charge in [-0.1, -0.05) is 36.4 Å². The lowest BCUT2D eigenvalue weighted by molar-refractivity contribution is 0.195. The highest BCUT2D eigenvalue weighted by Gasteiger charge is 2.15. The molecule has 0 amide bonds. The molecule has 98 valence electrons. The van der Waals surface area contributed by atoms with Crippen LogP contribution in [0.5, 0.6) is 0 Å². The van der Waals surface area contributed by atoms with Crippen LogP contribution in [0, 0.1) is 0 Å². The van der Waals surface area contributed by atoms with Crippen molar-refractivity contribution in [1.29, 1.82) is 0 Å². The third kappa shape index (κ3) is 3.53. The number of para-hydroxylation sites is 2. The molecule has 0 bridgehead atoms. The first-order valence-corrected chi connectivity index (χ1v) is 6.41. The Morgan fingerprint density at radius 1 is 0.947 bits per heavy atom. The molecular formula is C15H15NO2S. The molecule has 0 atom stereocenters. The first-order chi connectivity index (χ1) is 9.33. The molecule has 0 saturated heterocycles. The highest BCUT2D eigenvalue weighted by Crippen LogP contribution is 2.25. The lowest BCUT2D eigenvalue weighted by Crippen LogP contribution is -2.27. The number of rotatable bonds is 4. The van der Waals surface area contributed by atoms with Gasteiger partial charge in [0.25, 0.3) is 5.17 Å². The maximum Gasteiger partial charge on any atom is 0.268 e. The van der Waals surface area contributed by atoms with Crippen LogP contribution in [0.1, 0.15) is 0 Å². The minimum atomic E-state index is -0.0580. The molecule has 0 aliphatic carbocycles. The predicted octanol–water partition coefficient (Wildman–Crippen LogP) is 3.12. The topological polar surface area (TPSA) is 32.7 Å². The summed E-state index contributed by atoms with van der Waals surface area (Å²) in [5.74, 6) is 0. The van der Waals surface area contributed by atoms with Gasteiger partial charge in [-0.2, -0.15) is 0 Å². The monoisotopic (exact) mass is 273 g/mol. The number of aliphatic hydroxyl groups excluding tert-OH is 1. The van der Waals surface area contributed by atoms with Crippen LogP contribution in [0.4, 0.5) is 11.4 Å². The van der Waals surface area contributed by atoms with E-state index in [1.807, 2.05) is 65.6 Å². The molecular weight excluding hydrogens is 258 g/mol. The van der Waals surface area contributed by atoms with Crippen molar-refractivity contribution in [3.8, 4) is 0 Å². The van der Waals surface area contributed by atoms with E-state index in [1.54, 1.807) is 0 Å². The highest BCUT2D eigenvalue weighted by atomic mass is 32.1. The van der Waals surface area contributed by atoms with E-state index >= 15 is 0 Å². The van der Waals surface area contributed by atoms with Crippen molar-refractivity contribution in [1.82, 2.24) is 0 Å². The number of aliphatic hydroxyl groups is 1. The SMILES string of the molecule is OCCOC(=S)N(c1ccccc1)c1ccccc1. The van der Waals surface area contributed by atoms with E-state index in [9.17, 15) is 0 Å². The quantitative estimate of drug-likeness (QED) is 0.868. The van der Waals surface area contributed by atoms with Gasteiger partial charge in [-0.3, -0.25) is 4.90 Å². The van der Waals surface area contributed by atoms with E-state index < -0.39 is 0 Å². The molecule has 0 radical (unpaired) electrons. The second-order valence-corrected chi connectivity index (χ2v) is 4.19. The summed E-state index contributed by atoms with van der Waals surface area (Å²) in [5, 5.41) is 9.16. The molecule has 0 unspecified atom stereocenters. The summed E-state index contributed by atoms with van der Waals surface area (Å²) < 4.78 is 5.37. The van der Waals surface area contributed by atoms with Crippen molar-refractivity contribution in [2.75, 3.05) is 18.1 Å². The molecule has 0 heterocycles. The smallest absolute Gasteiger partial charge is 0.268 e. The van der Waals surface area contributed by atoms with Gasteiger partial charge in [0.05, 0.1) is 6.61 Å². The van der Waals surface area contributed by atoms with Crippen LogP contribution in [0.15, 0.2) is 60.7 Å². The van der Waals surface area contributed by atoms with E-state index in [-0.39, 0.29) is 13.2 Å². The van der Waals surface area contributed by atoms with Crippen molar-refractivity contribution < 1.29 is 9.84 Å². The van der Waals surface area contributed by atoms with Crippen molar-refractivity contribution in [2.24, 2.45) is 0 Å². The number of anilines is 2. The summed E-state index contributed by atoms with van der Waals surface area (Å²) in [5.41, 5.74) is 1.85. The molecule has 4 heteroatoms. The van der Waals surface area contributed by atoms with Gasteiger partial charge in [0.1, 0.15) is 6.61 Å². The molecule has 0 saturated carbocycles. The van der Waals surface area contributed by atoms with Crippen LogP contribution >= 0.6 is 12.2 Å². The zero-order valence-corrected chi connectivity index (χ0v) is 11.2. The van der Waals surface area contributed by atoms with E-state index in [0.29, 0.717) is 5.17 Å². The van der Waals surface area contributed by atoms with Crippen LogP contribution < -0.4 is 4.90 Å². The summed E-state index contributed by atoms with van der Waals surface area (Å²) in [4.78, 5) is 1.84. The van der Waals surface area contributed by atoms with Crippen molar-refractivity contribution >= 4 is 28.8 Å².